The maximum Gasteiger partial charge on any atom is 0.264 e. The lowest BCUT2D eigenvalue weighted by molar-refractivity contribution is 0.0999. The van der Waals surface area contributed by atoms with Crippen molar-refractivity contribution in [3.05, 3.63) is 108 Å². The molecular weight excluding hydrogens is 467 g/mol. The summed E-state index contributed by atoms with van der Waals surface area (Å²) in [7, 11) is -3.59. The summed E-state index contributed by atoms with van der Waals surface area (Å²) < 4.78 is 19.2. The number of para-hydroxylation sites is 1. The van der Waals surface area contributed by atoms with Gasteiger partial charge in [-0.3, -0.25) is 14.3 Å². The third-order valence-corrected chi connectivity index (χ3v) is 8.68. The van der Waals surface area contributed by atoms with Gasteiger partial charge >= 0.3 is 0 Å². The van der Waals surface area contributed by atoms with Crippen molar-refractivity contribution in [2.45, 2.75) is 12.8 Å². The zero-order valence-corrected chi connectivity index (χ0v) is 20.3. The number of nitrogen functional groups attached to an aromatic ring is 1. The smallest absolute Gasteiger partial charge is 0.264 e. The van der Waals surface area contributed by atoms with E-state index in [1.165, 1.54) is 11.3 Å². The lowest BCUT2D eigenvalue weighted by Crippen LogP contribution is -2.26. The van der Waals surface area contributed by atoms with Gasteiger partial charge in [0.05, 0.1) is 12.3 Å². The molecule has 2 unspecified atom stereocenters. The fourth-order valence-electron chi connectivity index (χ4n) is 3.68. The molecule has 1 aromatic heterocycles. The molecule has 0 aliphatic heterocycles. The van der Waals surface area contributed by atoms with Crippen molar-refractivity contribution in [2.75, 3.05) is 17.2 Å². The molecule has 1 amide bonds. The van der Waals surface area contributed by atoms with Crippen LogP contribution >= 0.6 is 18.7 Å². The number of carbonyl (C=O) groups is 1. The summed E-state index contributed by atoms with van der Waals surface area (Å²) in [5.41, 5.74) is 8.23. The summed E-state index contributed by atoms with van der Waals surface area (Å²) >= 11 is 1.36. The molecule has 0 bridgehead atoms. The van der Waals surface area contributed by atoms with E-state index < -0.39 is 13.2 Å². The Morgan fingerprint density at radius 2 is 1.62 bits per heavy atom. The van der Waals surface area contributed by atoms with Crippen LogP contribution in [0.25, 0.3) is 0 Å². The van der Waals surface area contributed by atoms with Crippen LogP contribution in [-0.2, 0) is 9.09 Å². The monoisotopic (exact) mass is 492 g/mol. The second-order valence-electron chi connectivity index (χ2n) is 7.49. The van der Waals surface area contributed by atoms with E-state index in [9.17, 15) is 14.5 Å². The molecule has 34 heavy (non-hydrogen) atoms. The standard InChI is InChI=1S/C26H25N2O4PS/c1-2-32-33(31,22-11-7-4-8-12-22)26(30)20-15-13-19(14-16-20)25(29)28(21-9-5-3-6-10-21)23-17-18-34-24(23)27/h3-18,26,30H,2,27H2,1H3. The zero-order valence-electron chi connectivity index (χ0n) is 18.6. The Hall–Kier alpha value is -3.22. The second kappa shape index (κ2) is 10.4. The van der Waals surface area contributed by atoms with E-state index in [-0.39, 0.29) is 12.5 Å². The minimum atomic E-state index is -3.59. The van der Waals surface area contributed by atoms with Gasteiger partial charge in [0.2, 0.25) is 0 Å². The van der Waals surface area contributed by atoms with Gasteiger partial charge in [0.15, 0.2) is 5.85 Å². The highest BCUT2D eigenvalue weighted by atomic mass is 32.1. The molecule has 3 N–H and O–H groups in total. The number of hydrogen-bond donors (Lipinski definition) is 2. The second-order valence-corrected chi connectivity index (χ2v) is 10.9. The number of amides is 1. The van der Waals surface area contributed by atoms with Crippen LogP contribution in [0.2, 0.25) is 0 Å². The summed E-state index contributed by atoms with van der Waals surface area (Å²) in [5.74, 6) is -1.63. The molecule has 4 aromatic rings. The van der Waals surface area contributed by atoms with E-state index in [0.717, 1.165) is 0 Å². The molecule has 6 nitrogen and oxygen atoms in total. The maximum absolute atomic E-state index is 13.7. The Bertz CT molecular complexity index is 1290. The van der Waals surface area contributed by atoms with Gasteiger partial charge in [-0.05, 0) is 60.3 Å². The van der Waals surface area contributed by atoms with Gasteiger partial charge in [-0.1, -0.05) is 48.5 Å². The van der Waals surface area contributed by atoms with E-state index in [4.69, 9.17) is 10.3 Å². The molecule has 3 aromatic carbocycles. The van der Waals surface area contributed by atoms with Crippen molar-refractivity contribution in [1.29, 1.82) is 0 Å². The molecule has 174 valence electrons. The van der Waals surface area contributed by atoms with Crippen LogP contribution in [0.15, 0.2) is 96.4 Å². The molecule has 0 saturated heterocycles. The minimum absolute atomic E-state index is 0.188. The Morgan fingerprint density at radius 1 is 1.00 bits per heavy atom. The first-order valence-electron chi connectivity index (χ1n) is 10.8. The van der Waals surface area contributed by atoms with Gasteiger partial charge in [0, 0.05) is 16.6 Å². The number of hydrogen-bond acceptors (Lipinski definition) is 6. The molecule has 0 aliphatic carbocycles. The summed E-state index contributed by atoms with van der Waals surface area (Å²) in [4.78, 5) is 15.1. The van der Waals surface area contributed by atoms with Crippen molar-refractivity contribution in [2.24, 2.45) is 0 Å². The highest BCUT2D eigenvalue weighted by Gasteiger charge is 2.36. The van der Waals surface area contributed by atoms with Crippen LogP contribution in [0, 0.1) is 0 Å². The van der Waals surface area contributed by atoms with Crippen LogP contribution in [0.4, 0.5) is 16.4 Å². The molecule has 0 aliphatic rings. The number of nitrogens with zero attached hydrogens (tertiary/aromatic N) is 1. The fraction of sp³-hybridized carbons (Fsp3) is 0.115. The Kier molecular flexibility index (Phi) is 7.29. The lowest BCUT2D eigenvalue weighted by atomic mass is 10.1. The number of aliphatic hydroxyl groups is 1. The number of aliphatic hydroxyl groups excluding tert-OH is 1. The summed E-state index contributed by atoms with van der Waals surface area (Å²) in [6.07, 6.45) is 0. The first kappa shape index (κ1) is 23.9. The molecule has 0 saturated carbocycles. The number of carbonyl (C=O) groups excluding carboxylic acids is 1. The first-order chi connectivity index (χ1) is 16.5. The van der Waals surface area contributed by atoms with Gasteiger partial charge in [0.1, 0.15) is 5.00 Å². The summed E-state index contributed by atoms with van der Waals surface area (Å²) in [6.45, 7) is 1.92. The number of thiophene rings is 1. The maximum atomic E-state index is 13.7. The van der Waals surface area contributed by atoms with Gasteiger partial charge in [-0.2, -0.15) is 0 Å². The Morgan fingerprint density at radius 3 is 2.18 bits per heavy atom. The predicted octanol–water partition coefficient (Wildman–Crippen LogP) is 5.94. The van der Waals surface area contributed by atoms with Gasteiger partial charge in [0.25, 0.3) is 13.3 Å². The number of benzene rings is 3. The lowest BCUT2D eigenvalue weighted by Gasteiger charge is -2.25. The van der Waals surface area contributed by atoms with Crippen molar-refractivity contribution in [3.8, 4) is 0 Å². The average Bonchev–Trinajstić information content (AvgIpc) is 3.30. The van der Waals surface area contributed by atoms with Crippen LogP contribution in [0.1, 0.15) is 28.7 Å². The number of anilines is 3. The molecule has 0 spiro atoms. The molecule has 0 radical (unpaired) electrons. The van der Waals surface area contributed by atoms with E-state index in [1.807, 2.05) is 41.8 Å². The van der Waals surface area contributed by atoms with Crippen molar-refractivity contribution in [1.82, 2.24) is 0 Å². The van der Waals surface area contributed by atoms with Crippen LogP contribution in [0.3, 0.4) is 0 Å². The molecule has 8 heteroatoms. The van der Waals surface area contributed by atoms with Crippen LogP contribution < -0.4 is 15.9 Å². The third-order valence-electron chi connectivity index (χ3n) is 5.35. The van der Waals surface area contributed by atoms with E-state index in [2.05, 4.69) is 0 Å². The van der Waals surface area contributed by atoms with Crippen molar-refractivity contribution < 1.29 is 19.0 Å². The molecule has 1 heterocycles. The SMILES string of the molecule is CCOP(=O)(c1ccccc1)C(O)c1ccc(C(=O)N(c2ccccc2)c2ccsc2N)cc1. The van der Waals surface area contributed by atoms with E-state index >= 15 is 0 Å². The van der Waals surface area contributed by atoms with Gasteiger partial charge < -0.3 is 15.4 Å². The molecule has 4 rings (SSSR count). The minimum Gasteiger partial charge on any atom is -0.389 e. The number of rotatable bonds is 8. The van der Waals surface area contributed by atoms with E-state index in [1.54, 1.807) is 66.4 Å². The van der Waals surface area contributed by atoms with Crippen molar-refractivity contribution in [3.63, 3.8) is 0 Å². The highest BCUT2D eigenvalue weighted by molar-refractivity contribution is 7.67. The summed E-state index contributed by atoms with van der Waals surface area (Å²) in [6, 6.07) is 26.2. The van der Waals surface area contributed by atoms with E-state index in [0.29, 0.717) is 32.8 Å². The molecular formula is C26H25N2O4PS. The molecule has 0 fully saturated rings. The fourth-order valence-corrected chi connectivity index (χ4v) is 6.41. The normalized spacial score (nSPS) is 13.7. The highest BCUT2D eigenvalue weighted by Crippen LogP contribution is 2.57. The largest absolute Gasteiger partial charge is 0.389 e. The zero-order chi connectivity index (χ0) is 24.1. The average molecular weight is 493 g/mol. The Balaban J connectivity index is 1.66. The summed E-state index contributed by atoms with van der Waals surface area (Å²) in [5, 5.41) is 13.8. The predicted molar refractivity (Wildman–Crippen MR) is 138 cm³/mol. The topological polar surface area (TPSA) is 92.9 Å². The number of nitrogens with two attached hydrogens (primary N) is 1. The van der Waals surface area contributed by atoms with Crippen LogP contribution in [0.5, 0.6) is 0 Å². The van der Waals surface area contributed by atoms with Crippen LogP contribution in [-0.4, -0.2) is 17.6 Å². The van der Waals surface area contributed by atoms with Crippen molar-refractivity contribution >= 4 is 46.3 Å². The molecule has 2 atom stereocenters. The van der Waals surface area contributed by atoms with Gasteiger partial charge in [-0.15, -0.1) is 11.3 Å². The first-order valence-corrected chi connectivity index (χ1v) is 13.3. The third kappa shape index (κ3) is 4.69. The Labute approximate surface area is 202 Å². The quantitative estimate of drug-likeness (QED) is 0.297. The van der Waals surface area contributed by atoms with Gasteiger partial charge in [-0.25, -0.2) is 0 Å².